The van der Waals surface area contributed by atoms with Gasteiger partial charge in [0.1, 0.15) is 11.8 Å². The molecule has 0 radical (unpaired) electrons. The third-order valence-electron chi connectivity index (χ3n) is 3.66. The molecule has 1 aromatic heterocycles. The molecule has 1 heterocycles. The molecule has 2 heteroatoms. The zero-order valence-electron chi connectivity index (χ0n) is 9.28. The van der Waals surface area contributed by atoms with E-state index in [2.05, 4.69) is 12.1 Å². The molecular weight excluding hydrogens is 200 g/mol. The molecule has 1 N–H and O–H groups in total. The second-order valence-corrected chi connectivity index (χ2v) is 4.71. The van der Waals surface area contributed by atoms with Crippen molar-refractivity contribution in [3.63, 3.8) is 0 Å². The molecule has 1 aliphatic rings. The van der Waals surface area contributed by atoms with Gasteiger partial charge in [-0.05, 0) is 36.5 Å². The number of fused-ring (bicyclic) bond motifs is 1. The van der Waals surface area contributed by atoms with Crippen molar-refractivity contribution in [1.82, 2.24) is 0 Å². The molecule has 0 spiro atoms. The van der Waals surface area contributed by atoms with Gasteiger partial charge in [0.15, 0.2) is 5.75 Å². The normalized spacial score (nSPS) is 18.0. The average molecular weight is 216 g/mol. The summed E-state index contributed by atoms with van der Waals surface area (Å²) in [5.41, 5.74) is 2.17. The Morgan fingerprint density at radius 1 is 1.12 bits per heavy atom. The van der Waals surface area contributed by atoms with E-state index >= 15 is 0 Å². The molecule has 1 aromatic carbocycles. The van der Waals surface area contributed by atoms with E-state index in [0.717, 1.165) is 11.0 Å². The van der Waals surface area contributed by atoms with Gasteiger partial charge >= 0.3 is 0 Å². The molecule has 1 fully saturated rings. The van der Waals surface area contributed by atoms with Crippen LogP contribution in [0.5, 0.6) is 5.75 Å². The topological polar surface area (TPSA) is 33.4 Å². The van der Waals surface area contributed by atoms with E-state index in [1.165, 1.54) is 43.9 Å². The van der Waals surface area contributed by atoms with E-state index in [-0.39, 0.29) is 5.75 Å². The SMILES string of the molecule is Oc1coc2cc(C3CCCCC3)ccc12. The number of aromatic hydroxyl groups is 1. The maximum Gasteiger partial charge on any atom is 0.161 e. The molecular formula is C14H16O2. The first-order valence-electron chi connectivity index (χ1n) is 6.05. The first-order chi connectivity index (χ1) is 7.84. The Labute approximate surface area is 94.9 Å². The van der Waals surface area contributed by atoms with Crippen molar-refractivity contribution in [2.24, 2.45) is 0 Å². The molecule has 3 rings (SSSR count). The lowest BCUT2D eigenvalue weighted by atomic mass is 9.84. The van der Waals surface area contributed by atoms with Crippen LogP contribution in [0.25, 0.3) is 11.0 Å². The summed E-state index contributed by atoms with van der Waals surface area (Å²) < 4.78 is 5.33. The summed E-state index contributed by atoms with van der Waals surface area (Å²) in [6, 6.07) is 6.19. The van der Waals surface area contributed by atoms with Gasteiger partial charge in [-0.15, -0.1) is 0 Å². The number of hydrogen-bond donors (Lipinski definition) is 1. The summed E-state index contributed by atoms with van der Waals surface area (Å²) in [6.07, 6.45) is 8.05. The highest BCUT2D eigenvalue weighted by Gasteiger charge is 2.16. The summed E-state index contributed by atoms with van der Waals surface area (Å²) in [5, 5.41) is 10.3. The van der Waals surface area contributed by atoms with Crippen LogP contribution in [0.4, 0.5) is 0 Å². The van der Waals surface area contributed by atoms with Crippen molar-refractivity contribution >= 4 is 11.0 Å². The molecule has 1 aliphatic carbocycles. The number of rotatable bonds is 1. The molecule has 2 aromatic rings. The van der Waals surface area contributed by atoms with Crippen LogP contribution in [-0.4, -0.2) is 5.11 Å². The zero-order valence-corrected chi connectivity index (χ0v) is 9.28. The minimum Gasteiger partial charge on any atom is -0.504 e. The first kappa shape index (κ1) is 9.76. The highest BCUT2D eigenvalue weighted by Crippen LogP contribution is 2.35. The van der Waals surface area contributed by atoms with E-state index < -0.39 is 0 Å². The molecule has 84 valence electrons. The van der Waals surface area contributed by atoms with Crippen molar-refractivity contribution in [1.29, 1.82) is 0 Å². The molecule has 0 aliphatic heterocycles. The average Bonchev–Trinajstić information content (AvgIpc) is 2.72. The Hall–Kier alpha value is -1.44. The van der Waals surface area contributed by atoms with Crippen molar-refractivity contribution in [3.05, 3.63) is 30.0 Å². The predicted molar refractivity (Wildman–Crippen MR) is 63.7 cm³/mol. The largest absolute Gasteiger partial charge is 0.504 e. The highest BCUT2D eigenvalue weighted by atomic mass is 16.4. The van der Waals surface area contributed by atoms with Gasteiger partial charge in [-0.3, -0.25) is 0 Å². The zero-order chi connectivity index (χ0) is 11.0. The second kappa shape index (κ2) is 3.85. The van der Waals surface area contributed by atoms with Crippen LogP contribution in [-0.2, 0) is 0 Å². The minimum atomic E-state index is 0.241. The number of benzene rings is 1. The molecule has 0 bridgehead atoms. The third-order valence-corrected chi connectivity index (χ3v) is 3.66. The van der Waals surface area contributed by atoms with Gasteiger partial charge in [-0.1, -0.05) is 25.3 Å². The minimum absolute atomic E-state index is 0.241. The standard InChI is InChI=1S/C14H16O2/c15-13-9-16-14-8-11(6-7-12(13)14)10-4-2-1-3-5-10/h6-10,15H,1-5H2. The molecule has 16 heavy (non-hydrogen) atoms. The van der Waals surface area contributed by atoms with Crippen LogP contribution in [0, 0.1) is 0 Å². The maximum absolute atomic E-state index is 9.52. The number of hydrogen-bond acceptors (Lipinski definition) is 2. The Morgan fingerprint density at radius 2 is 1.94 bits per heavy atom. The van der Waals surface area contributed by atoms with Crippen LogP contribution in [0.2, 0.25) is 0 Å². The van der Waals surface area contributed by atoms with E-state index in [1.54, 1.807) is 0 Å². The van der Waals surface area contributed by atoms with Crippen molar-refractivity contribution < 1.29 is 9.52 Å². The van der Waals surface area contributed by atoms with Gasteiger partial charge in [0.25, 0.3) is 0 Å². The summed E-state index contributed by atoms with van der Waals surface area (Å²) in [5.74, 6) is 0.926. The molecule has 0 unspecified atom stereocenters. The lowest BCUT2D eigenvalue weighted by Crippen LogP contribution is -2.03. The van der Waals surface area contributed by atoms with E-state index in [4.69, 9.17) is 4.42 Å². The maximum atomic E-state index is 9.52. The Balaban J connectivity index is 1.97. The van der Waals surface area contributed by atoms with Crippen molar-refractivity contribution in [2.45, 2.75) is 38.0 Å². The van der Waals surface area contributed by atoms with Crippen LogP contribution in [0.3, 0.4) is 0 Å². The quantitative estimate of drug-likeness (QED) is 0.775. The van der Waals surface area contributed by atoms with Crippen LogP contribution < -0.4 is 0 Å². The van der Waals surface area contributed by atoms with Crippen molar-refractivity contribution in [3.8, 4) is 5.75 Å². The van der Waals surface area contributed by atoms with E-state index in [0.29, 0.717) is 5.92 Å². The van der Waals surface area contributed by atoms with E-state index in [9.17, 15) is 5.11 Å². The summed E-state index contributed by atoms with van der Waals surface area (Å²) in [7, 11) is 0. The van der Waals surface area contributed by atoms with Crippen molar-refractivity contribution in [2.75, 3.05) is 0 Å². The monoisotopic (exact) mass is 216 g/mol. The molecule has 1 saturated carbocycles. The van der Waals surface area contributed by atoms with Gasteiger partial charge in [0.05, 0.1) is 5.39 Å². The molecule has 0 amide bonds. The summed E-state index contributed by atoms with van der Waals surface area (Å²) >= 11 is 0. The van der Waals surface area contributed by atoms with Gasteiger partial charge in [-0.25, -0.2) is 0 Å². The lowest BCUT2D eigenvalue weighted by Gasteiger charge is -2.21. The summed E-state index contributed by atoms with van der Waals surface area (Å²) in [4.78, 5) is 0. The molecule has 2 nitrogen and oxygen atoms in total. The van der Waals surface area contributed by atoms with Crippen LogP contribution >= 0.6 is 0 Å². The smallest absolute Gasteiger partial charge is 0.161 e. The predicted octanol–water partition coefficient (Wildman–Crippen LogP) is 4.19. The number of furan rings is 1. The Bertz CT molecular complexity index is 492. The van der Waals surface area contributed by atoms with E-state index in [1.807, 2.05) is 6.07 Å². The Morgan fingerprint density at radius 3 is 2.75 bits per heavy atom. The summed E-state index contributed by atoms with van der Waals surface area (Å²) in [6.45, 7) is 0. The van der Waals surface area contributed by atoms with Gasteiger partial charge in [0.2, 0.25) is 0 Å². The van der Waals surface area contributed by atoms with Gasteiger partial charge in [0, 0.05) is 0 Å². The third kappa shape index (κ3) is 1.58. The van der Waals surface area contributed by atoms with Crippen LogP contribution in [0.15, 0.2) is 28.9 Å². The fraction of sp³-hybridized carbons (Fsp3) is 0.429. The van der Waals surface area contributed by atoms with Gasteiger partial charge in [-0.2, -0.15) is 0 Å². The molecule has 0 saturated heterocycles. The Kier molecular flexibility index (Phi) is 2.35. The fourth-order valence-electron chi connectivity index (χ4n) is 2.72. The van der Waals surface area contributed by atoms with Gasteiger partial charge < -0.3 is 9.52 Å². The second-order valence-electron chi connectivity index (χ2n) is 4.71. The van der Waals surface area contributed by atoms with Crippen LogP contribution in [0.1, 0.15) is 43.6 Å². The highest BCUT2D eigenvalue weighted by molar-refractivity contribution is 5.84. The first-order valence-corrected chi connectivity index (χ1v) is 6.05. The lowest BCUT2D eigenvalue weighted by molar-refractivity contribution is 0.443. The molecule has 0 atom stereocenters. The fourth-order valence-corrected chi connectivity index (χ4v) is 2.72.